The molecule has 0 N–H and O–H groups in total. The van der Waals surface area contributed by atoms with Gasteiger partial charge >= 0.3 is 0 Å². The van der Waals surface area contributed by atoms with Crippen LogP contribution in [0.4, 0.5) is 0 Å². The minimum Gasteiger partial charge on any atom is -0.497 e. The van der Waals surface area contributed by atoms with E-state index in [1.165, 1.54) is 10.9 Å². The van der Waals surface area contributed by atoms with E-state index >= 15 is 0 Å². The number of hydrogen-bond donors (Lipinski definition) is 0. The summed E-state index contributed by atoms with van der Waals surface area (Å²) in [7, 11) is 3.72. The van der Waals surface area contributed by atoms with Gasteiger partial charge in [-0.15, -0.1) is 0 Å². The van der Waals surface area contributed by atoms with E-state index in [1.807, 2.05) is 53.4 Å². The third kappa shape index (κ3) is 2.80. The highest BCUT2D eigenvalue weighted by molar-refractivity contribution is 6.00. The quantitative estimate of drug-likeness (QED) is 0.501. The zero-order valence-corrected chi connectivity index (χ0v) is 16.5. The van der Waals surface area contributed by atoms with Gasteiger partial charge in [0.1, 0.15) is 5.75 Å². The van der Waals surface area contributed by atoms with Gasteiger partial charge in [-0.05, 0) is 35.4 Å². The van der Waals surface area contributed by atoms with E-state index in [0.717, 1.165) is 28.0 Å². The first kappa shape index (κ1) is 17.6. The Labute approximate surface area is 170 Å². The first-order chi connectivity index (χ1) is 14.2. The first-order valence-electron chi connectivity index (χ1n) is 9.74. The summed E-state index contributed by atoms with van der Waals surface area (Å²) < 4.78 is 7.51. The van der Waals surface area contributed by atoms with Gasteiger partial charge in [-0.1, -0.05) is 48.5 Å². The normalized spacial score (nSPS) is 15.7. The molecule has 2 heterocycles. The van der Waals surface area contributed by atoms with Gasteiger partial charge in [0.05, 0.1) is 13.2 Å². The Hall–Kier alpha value is -3.53. The topological polar surface area (TPSA) is 34.5 Å². The fourth-order valence-electron chi connectivity index (χ4n) is 4.43. The van der Waals surface area contributed by atoms with E-state index in [1.54, 1.807) is 7.11 Å². The van der Waals surface area contributed by atoms with E-state index in [-0.39, 0.29) is 11.9 Å². The molecule has 144 valence electrons. The summed E-state index contributed by atoms with van der Waals surface area (Å²) in [5.41, 5.74) is 5.23. The highest BCUT2D eigenvalue weighted by Gasteiger charge is 2.38. The van der Waals surface area contributed by atoms with Crippen LogP contribution in [0, 0.1) is 0 Å². The summed E-state index contributed by atoms with van der Waals surface area (Å²) in [5.74, 6) is 0.870. The number of fused-ring (bicyclic) bond motifs is 2. The van der Waals surface area contributed by atoms with Crippen molar-refractivity contribution in [1.82, 2.24) is 9.47 Å². The largest absolute Gasteiger partial charge is 0.497 e. The molecular formula is C25H22N2O2. The van der Waals surface area contributed by atoms with Crippen LogP contribution in [-0.2, 0) is 13.6 Å². The number of amides is 1. The molecule has 1 aliphatic heterocycles. The molecule has 0 saturated heterocycles. The maximum absolute atomic E-state index is 13.4. The van der Waals surface area contributed by atoms with Gasteiger partial charge in [-0.2, -0.15) is 0 Å². The zero-order chi connectivity index (χ0) is 20.0. The zero-order valence-electron chi connectivity index (χ0n) is 16.5. The monoisotopic (exact) mass is 382 g/mol. The number of methoxy groups -OCH3 is 1. The first-order valence-corrected chi connectivity index (χ1v) is 9.74. The van der Waals surface area contributed by atoms with Crippen molar-refractivity contribution >= 4 is 16.8 Å². The van der Waals surface area contributed by atoms with Gasteiger partial charge in [0.25, 0.3) is 5.91 Å². The molecule has 4 aromatic rings. The molecule has 5 rings (SSSR count). The molecule has 0 spiro atoms. The Morgan fingerprint density at radius 2 is 1.72 bits per heavy atom. The molecule has 1 aromatic heterocycles. The predicted molar refractivity (Wildman–Crippen MR) is 114 cm³/mol. The number of para-hydroxylation sites is 1. The minimum absolute atomic E-state index is 0.0707. The number of hydrogen-bond acceptors (Lipinski definition) is 2. The summed E-state index contributed by atoms with van der Waals surface area (Å²) in [4.78, 5) is 15.3. The van der Waals surface area contributed by atoms with Crippen LogP contribution in [-0.4, -0.2) is 22.5 Å². The molecule has 4 nitrogen and oxygen atoms in total. The summed E-state index contributed by atoms with van der Waals surface area (Å²) in [6, 6.07) is 24.1. The molecule has 0 bridgehead atoms. The van der Waals surface area contributed by atoms with E-state index in [4.69, 9.17) is 4.74 Å². The Balaban J connectivity index is 1.66. The fraction of sp³-hybridized carbons (Fsp3) is 0.160. The van der Waals surface area contributed by atoms with Crippen molar-refractivity contribution in [1.29, 1.82) is 0 Å². The van der Waals surface area contributed by atoms with Gasteiger partial charge < -0.3 is 14.2 Å². The molecule has 0 fully saturated rings. The summed E-state index contributed by atoms with van der Waals surface area (Å²) in [6.45, 7) is 0.526. The van der Waals surface area contributed by atoms with Crippen LogP contribution in [0.1, 0.15) is 33.1 Å². The van der Waals surface area contributed by atoms with Crippen LogP contribution in [0.2, 0.25) is 0 Å². The second-order valence-corrected chi connectivity index (χ2v) is 7.49. The van der Waals surface area contributed by atoms with Crippen molar-refractivity contribution in [3.63, 3.8) is 0 Å². The van der Waals surface area contributed by atoms with Crippen molar-refractivity contribution in [2.45, 2.75) is 12.6 Å². The van der Waals surface area contributed by atoms with Crippen LogP contribution >= 0.6 is 0 Å². The van der Waals surface area contributed by atoms with E-state index < -0.39 is 0 Å². The maximum Gasteiger partial charge on any atom is 0.255 e. The number of nitrogens with zero attached hydrogens (tertiary/aromatic N) is 2. The number of ether oxygens (including phenoxy) is 1. The number of rotatable bonds is 4. The number of carbonyl (C=O) groups is 1. The summed E-state index contributed by atoms with van der Waals surface area (Å²) in [6.07, 6.45) is 2.16. The summed E-state index contributed by atoms with van der Waals surface area (Å²) >= 11 is 0. The third-order valence-electron chi connectivity index (χ3n) is 5.77. The van der Waals surface area contributed by atoms with Gasteiger partial charge in [0.2, 0.25) is 0 Å². The van der Waals surface area contributed by atoms with E-state index in [2.05, 4.69) is 42.1 Å². The van der Waals surface area contributed by atoms with E-state index in [0.29, 0.717) is 6.54 Å². The van der Waals surface area contributed by atoms with Crippen LogP contribution in [0.15, 0.2) is 79.0 Å². The molecule has 3 aromatic carbocycles. The molecule has 0 radical (unpaired) electrons. The SMILES string of the molecule is COc1cccc(CN2C(=O)c3ccccc3[C@@H]2c2cn(C)c3ccccc23)c1. The van der Waals surface area contributed by atoms with E-state index in [9.17, 15) is 4.79 Å². The average Bonchev–Trinajstić information content (AvgIpc) is 3.23. The number of aryl methyl sites for hydroxylation is 1. The van der Waals surface area contributed by atoms with Crippen molar-refractivity contribution in [3.05, 3.63) is 101 Å². The third-order valence-corrected chi connectivity index (χ3v) is 5.77. The van der Waals surface area contributed by atoms with Crippen molar-refractivity contribution in [2.75, 3.05) is 7.11 Å². The molecule has 0 saturated carbocycles. The summed E-state index contributed by atoms with van der Waals surface area (Å²) in [5, 5.41) is 1.18. The Kier molecular flexibility index (Phi) is 4.13. The van der Waals surface area contributed by atoms with Gasteiger partial charge in [-0.25, -0.2) is 0 Å². The number of carbonyl (C=O) groups excluding carboxylic acids is 1. The second kappa shape index (κ2) is 6.82. The predicted octanol–water partition coefficient (Wildman–Crippen LogP) is 4.93. The van der Waals surface area contributed by atoms with Crippen LogP contribution in [0.3, 0.4) is 0 Å². The van der Waals surface area contributed by atoms with Gasteiger partial charge in [0.15, 0.2) is 0 Å². The van der Waals surface area contributed by atoms with Gasteiger partial charge in [0, 0.05) is 41.8 Å². The lowest BCUT2D eigenvalue weighted by Gasteiger charge is -2.26. The average molecular weight is 382 g/mol. The number of benzene rings is 3. The fourth-order valence-corrected chi connectivity index (χ4v) is 4.43. The van der Waals surface area contributed by atoms with Crippen molar-refractivity contribution in [2.24, 2.45) is 7.05 Å². The molecule has 0 unspecified atom stereocenters. The lowest BCUT2D eigenvalue weighted by Crippen LogP contribution is -2.28. The minimum atomic E-state index is -0.115. The Morgan fingerprint density at radius 3 is 2.59 bits per heavy atom. The number of aromatic nitrogens is 1. The highest BCUT2D eigenvalue weighted by Crippen LogP contribution is 2.42. The standard InChI is InChI=1S/C25H22N2O2/c1-26-16-22(19-10-5-6-13-23(19)26)24-20-11-3-4-12-21(20)25(28)27(24)15-17-8-7-9-18(14-17)29-2/h3-14,16,24H,15H2,1-2H3/t24-/m1/s1. The molecule has 4 heteroatoms. The molecular weight excluding hydrogens is 360 g/mol. The van der Waals surface area contributed by atoms with Crippen LogP contribution in [0.5, 0.6) is 5.75 Å². The lowest BCUT2D eigenvalue weighted by atomic mass is 9.97. The molecule has 0 aliphatic carbocycles. The molecule has 1 atom stereocenters. The maximum atomic E-state index is 13.4. The molecule has 29 heavy (non-hydrogen) atoms. The smallest absolute Gasteiger partial charge is 0.255 e. The van der Waals surface area contributed by atoms with Crippen LogP contribution < -0.4 is 4.74 Å². The Bertz CT molecular complexity index is 1220. The second-order valence-electron chi connectivity index (χ2n) is 7.49. The highest BCUT2D eigenvalue weighted by atomic mass is 16.5. The van der Waals surface area contributed by atoms with Crippen molar-refractivity contribution in [3.8, 4) is 5.75 Å². The Morgan fingerprint density at radius 1 is 0.931 bits per heavy atom. The van der Waals surface area contributed by atoms with Gasteiger partial charge in [-0.3, -0.25) is 4.79 Å². The lowest BCUT2D eigenvalue weighted by molar-refractivity contribution is 0.0736. The van der Waals surface area contributed by atoms with Crippen molar-refractivity contribution < 1.29 is 9.53 Å². The van der Waals surface area contributed by atoms with Crippen LogP contribution in [0.25, 0.3) is 10.9 Å². The molecule has 1 amide bonds. The molecule has 1 aliphatic rings.